The fraction of sp³-hybridized carbons (Fsp3) is 0.826. The Hall–Kier alpha value is -2.00. The second kappa shape index (κ2) is 15.7. The van der Waals surface area contributed by atoms with Crippen LogP contribution in [-0.2, 0) is 19.2 Å². The molecule has 9 heteroatoms. The van der Waals surface area contributed by atoms with Crippen LogP contribution in [0, 0.1) is 0 Å². The molecule has 0 aliphatic carbocycles. The molecule has 3 heterocycles. The third kappa shape index (κ3) is 9.65. The van der Waals surface area contributed by atoms with Crippen molar-refractivity contribution in [1.29, 1.82) is 0 Å². The zero-order chi connectivity index (χ0) is 23.9. The summed E-state index contributed by atoms with van der Waals surface area (Å²) in [6.45, 7) is 11.5. The molecule has 184 valence electrons. The minimum atomic E-state index is -0.250. The smallest absolute Gasteiger partial charge is 0.290 e. The lowest BCUT2D eigenvalue weighted by molar-refractivity contribution is -0.141. The highest BCUT2D eigenvalue weighted by molar-refractivity contribution is 5.80. The van der Waals surface area contributed by atoms with Gasteiger partial charge in [0.1, 0.15) is 6.29 Å². The first-order chi connectivity index (χ1) is 15.4. The Labute approximate surface area is 192 Å². The van der Waals surface area contributed by atoms with Crippen molar-refractivity contribution >= 4 is 24.6 Å². The van der Waals surface area contributed by atoms with Crippen molar-refractivity contribution in [3.63, 3.8) is 0 Å². The van der Waals surface area contributed by atoms with Gasteiger partial charge in [0.25, 0.3) is 6.47 Å². The second-order valence-electron chi connectivity index (χ2n) is 8.73. The molecule has 0 bridgehead atoms. The lowest BCUT2D eigenvalue weighted by Crippen LogP contribution is -2.55. The first-order valence-electron chi connectivity index (χ1n) is 11.9. The van der Waals surface area contributed by atoms with Crippen molar-refractivity contribution in [2.75, 3.05) is 52.4 Å². The summed E-state index contributed by atoms with van der Waals surface area (Å²) in [5, 5.41) is 6.89. The number of likely N-dealkylation sites (tertiary alicyclic amines) is 2. The number of piperazine rings is 1. The second-order valence-corrected chi connectivity index (χ2v) is 8.73. The Bertz CT molecular complexity index is 531. The standard InChI is InChI=1S/C20H36N4O2.C2H4O.CH2O2/c1-17-7-3-5-9-23(17)15-19(25)21-11-13-22(14-12-21)20(26)16-24-10-6-4-8-18(24)2;1-2-3;2-1-3/h17-18H,3-16H2,1-2H3;2H,1H3;1H,(H,2,3). The van der Waals surface area contributed by atoms with E-state index in [2.05, 4.69) is 23.6 Å². The Morgan fingerprint density at radius 3 is 1.34 bits per heavy atom. The maximum atomic E-state index is 12.6. The van der Waals surface area contributed by atoms with Crippen LogP contribution in [-0.4, -0.2) is 114 Å². The van der Waals surface area contributed by atoms with Crippen LogP contribution >= 0.6 is 0 Å². The van der Waals surface area contributed by atoms with E-state index in [0.717, 1.165) is 19.4 Å². The van der Waals surface area contributed by atoms with Crippen LogP contribution < -0.4 is 0 Å². The molecule has 0 saturated carbocycles. The summed E-state index contributed by atoms with van der Waals surface area (Å²) in [7, 11) is 0. The number of carbonyl (C=O) groups excluding carboxylic acids is 3. The van der Waals surface area contributed by atoms with Crippen LogP contribution in [0.1, 0.15) is 59.3 Å². The van der Waals surface area contributed by atoms with E-state index in [1.807, 2.05) is 9.80 Å². The van der Waals surface area contributed by atoms with Gasteiger partial charge in [-0.05, 0) is 59.5 Å². The van der Waals surface area contributed by atoms with Gasteiger partial charge in [-0.25, -0.2) is 0 Å². The van der Waals surface area contributed by atoms with E-state index >= 15 is 0 Å². The number of piperidine rings is 2. The number of carbonyl (C=O) groups is 4. The summed E-state index contributed by atoms with van der Waals surface area (Å²) in [5.41, 5.74) is 0. The summed E-state index contributed by atoms with van der Waals surface area (Å²) in [5.74, 6) is 0.464. The maximum absolute atomic E-state index is 12.6. The van der Waals surface area contributed by atoms with Crippen molar-refractivity contribution in [1.82, 2.24) is 19.6 Å². The van der Waals surface area contributed by atoms with Crippen molar-refractivity contribution < 1.29 is 24.3 Å². The zero-order valence-corrected chi connectivity index (χ0v) is 20.1. The van der Waals surface area contributed by atoms with Crippen molar-refractivity contribution in [3.8, 4) is 0 Å². The average molecular weight is 455 g/mol. The van der Waals surface area contributed by atoms with Crippen molar-refractivity contribution in [3.05, 3.63) is 0 Å². The fourth-order valence-corrected chi connectivity index (χ4v) is 4.54. The van der Waals surface area contributed by atoms with E-state index in [-0.39, 0.29) is 18.3 Å². The molecule has 2 atom stereocenters. The van der Waals surface area contributed by atoms with E-state index in [4.69, 9.17) is 14.7 Å². The normalized spacial score (nSPS) is 24.3. The summed E-state index contributed by atoms with van der Waals surface area (Å²) in [6, 6.07) is 1.03. The molecule has 3 aliphatic heterocycles. The molecule has 9 nitrogen and oxygen atoms in total. The molecular formula is C23H42N4O5. The average Bonchev–Trinajstić information content (AvgIpc) is 2.78. The maximum Gasteiger partial charge on any atom is 0.290 e. The molecule has 0 aromatic heterocycles. The molecule has 3 saturated heterocycles. The highest BCUT2D eigenvalue weighted by Gasteiger charge is 2.29. The minimum absolute atomic E-state index is 0.232. The number of hydrogen-bond donors (Lipinski definition) is 1. The van der Waals surface area contributed by atoms with Crippen LogP contribution in [0.25, 0.3) is 0 Å². The van der Waals surface area contributed by atoms with Gasteiger partial charge in [0.05, 0.1) is 13.1 Å². The van der Waals surface area contributed by atoms with Gasteiger partial charge in [-0.1, -0.05) is 12.8 Å². The SMILES string of the molecule is CC1CCCCN1CC(=O)N1CCN(C(=O)CN2CCCCC2C)CC1.CC=O.O=CO. The van der Waals surface area contributed by atoms with Gasteiger partial charge < -0.3 is 19.7 Å². The van der Waals surface area contributed by atoms with Gasteiger partial charge >= 0.3 is 0 Å². The monoisotopic (exact) mass is 454 g/mol. The molecule has 2 amide bonds. The largest absolute Gasteiger partial charge is 0.483 e. The molecule has 1 N–H and O–H groups in total. The number of aldehydes is 1. The molecule has 0 spiro atoms. The van der Waals surface area contributed by atoms with Gasteiger partial charge in [-0.3, -0.25) is 24.2 Å². The topological polar surface area (TPSA) is 101 Å². The predicted molar refractivity (Wildman–Crippen MR) is 123 cm³/mol. The van der Waals surface area contributed by atoms with E-state index in [9.17, 15) is 9.59 Å². The molecule has 32 heavy (non-hydrogen) atoms. The lowest BCUT2D eigenvalue weighted by Gasteiger charge is -2.39. The lowest BCUT2D eigenvalue weighted by atomic mass is 10.0. The first kappa shape index (κ1) is 28.0. The predicted octanol–water partition coefficient (Wildman–Crippen LogP) is 1.31. The van der Waals surface area contributed by atoms with Crippen molar-refractivity contribution in [2.24, 2.45) is 0 Å². The number of rotatable bonds is 4. The van der Waals surface area contributed by atoms with Gasteiger partial charge in [-0.2, -0.15) is 0 Å². The zero-order valence-electron chi connectivity index (χ0n) is 20.1. The Kier molecular flexibility index (Phi) is 13.8. The number of amides is 2. The highest BCUT2D eigenvalue weighted by atomic mass is 16.3. The van der Waals surface area contributed by atoms with E-state index in [1.165, 1.54) is 45.4 Å². The van der Waals surface area contributed by atoms with Gasteiger partial charge in [0.2, 0.25) is 11.8 Å². The van der Waals surface area contributed by atoms with Crippen LogP contribution in [0.3, 0.4) is 0 Å². The molecule has 0 radical (unpaired) electrons. The van der Waals surface area contributed by atoms with Crippen LogP contribution in [0.2, 0.25) is 0 Å². The summed E-state index contributed by atoms with van der Waals surface area (Å²) in [4.78, 5) is 51.0. The number of carboxylic acid groups (broad SMARTS) is 1. The highest BCUT2D eigenvalue weighted by Crippen LogP contribution is 2.18. The molecule has 0 aromatic rings. The van der Waals surface area contributed by atoms with Crippen LogP contribution in [0.4, 0.5) is 0 Å². The third-order valence-electron chi connectivity index (χ3n) is 6.54. The van der Waals surface area contributed by atoms with Crippen LogP contribution in [0.5, 0.6) is 0 Å². The molecule has 0 aromatic carbocycles. The van der Waals surface area contributed by atoms with Gasteiger partial charge in [0.15, 0.2) is 0 Å². The number of hydrogen-bond acceptors (Lipinski definition) is 6. The summed E-state index contributed by atoms with van der Waals surface area (Å²) >= 11 is 0. The van der Waals surface area contributed by atoms with Gasteiger partial charge in [0, 0.05) is 38.3 Å². The Balaban J connectivity index is 0.000000769. The molecule has 2 unspecified atom stereocenters. The number of nitrogens with zero attached hydrogens (tertiary/aromatic N) is 4. The van der Waals surface area contributed by atoms with Crippen molar-refractivity contribution in [2.45, 2.75) is 71.4 Å². The molecular weight excluding hydrogens is 412 g/mol. The Morgan fingerprint density at radius 2 is 1.06 bits per heavy atom. The molecule has 3 fully saturated rings. The van der Waals surface area contributed by atoms with E-state index in [0.29, 0.717) is 51.4 Å². The third-order valence-corrected chi connectivity index (χ3v) is 6.54. The summed E-state index contributed by atoms with van der Waals surface area (Å²) in [6.07, 6.45) is 8.11. The fourth-order valence-electron chi connectivity index (χ4n) is 4.54. The molecule has 3 aliphatic rings. The minimum Gasteiger partial charge on any atom is -0.483 e. The van der Waals surface area contributed by atoms with Gasteiger partial charge in [-0.15, -0.1) is 0 Å². The first-order valence-corrected chi connectivity index (χ1v) is 11.9. The molecule has 3 rings (SSSR count). The van der Waals surface area contributed by atoms with E-state index < -0.39 is 0 Å². The Morgan fingerprint density at radius 1 is 0.750 bits per heavy atom. The van der Waals surface area contributed by atoms with Crippen LogP contribution in [0.15, 0.2) is 0 Å². The quantitative estimate of drug-likeness (QED) is 0.639. The summed E-state index contributed by atoms with van der Waals surface area (Å²) < 4.78 is 0. The van der Waals surface area contributed by atoms with E-state index in [1.54, 1.807) is 0 Å².